The zero-order chi connectivity index (χ0) is 19.9. The molecule has 0 bridgehead atoms. The van der Waals surface area contributed by atoms with E-state index in [0.717, 1.165) is 23.2 Å². The lowest BCUT2D eigenvalue weighted by Gasteiger charge is -2.26. The summed E-state index contributed by atoms with van der Waals surface area (Å²) < 4.78 is 42.3. The van der Waals surface area contributed by atoms with Crippen molar-refractivity contribution in [2.45, 2.75) is 38.1 Å². The SMILES string of the molecule is Cn1cnc(CN2CCCC2c2nc3ccccc3c(=O)n2CC(F)(F)F)c1. The number of nitrogens with zero attached hydrogens (tertiary/aromatic N) is 5. The second kappa shape index (κ2) is 7.05. The lowest BCUT2D eigenvalue weighted by atomic mass is 10.1. The van der Waals surface area contributed by atoms with Crippen LogP contribution in [-0.2, 0) is 20.1 Å². The molecule has 1 saturated heterocycles. The number of aryl methyl sites for hydroxylation is 1. The molecule has 3 heterocycles. The molecule has 148 valence electrons. The Balaban J connectivity index is 1.79. The number of halogens is 3. The quantitative estimate of drug-likeness (QED) is 0.686. The Labute approximate surface area is 159 Å². The van der Waals surface area contributed by atoms with Gasteiger partial charge >= 0.3 is 6.18 Å². The maximum atomic E-state index is 13.2. The van der Waals surface area contributed by atoms with Gasteiger partial charge in [0, 0.05) is 19.8 Å². The third-order valence-corrected chi connectivity index (χ3v) is 5.01. The van der Waals surface area contributed by atoms with Gasteiger partial charge in [-0.15, -0.1) is 0 Å². The van der Waals surface area contributed by atoms with Gasteiger partial charge in [-0.2, -0.15) is 13.2 Å². The molecule has 1 unspecified atom stereocenters. The molecule has 1 aromatic carbocycles. The van der Waals surface area contributed by atoms with E-state index in [0.29, 0.717) is 18.5 Å². The smallest absolute Gasteiger partial charge is 0.340 e. The molecule has 0 amide bonds. The highest BCUT2D eigenvalue weighted by Crippen LogP contribution is 2.33. The van der Waals surface area contributed by atoms with Crippen LogP contribution < -0.4 is 5.56 Å². The van der Waals surface area contributed by atoms with Crippen LogP contribution in [0.15, 0.2) is 41.6 Å². The zero-order valence-corrected chi connectivity index (χ0v) is 15.4. The van der Waals surface area contributed by atoms with Gasteiger partial charge in [0.25, 0.3) is 5.56 Å². The van der Waals surface area contributed by atoms with Crippen LogP contribution >= 0.6 is 0 Å². The van der Waals surface area contributed by atoms with Crippen LogP contribution in [-0.4, -0.2) is 36.7 Å². The van der Waals surface area contributed by atoms with Crippen molar-refractivity contribution in [2.24, 2.45) is 7.05 Å². The molecule has 0 saturated carbocycles. The molecule has 6 nitrogen and oxygen atoms in total. The van der Waals surface area contributed by atoms with Crippen molar-refractivity contribution in [2.75, 3.05) is 6.54 Å². The Morgan fingerprint density at radius 2 is 2.04 bits per heavy atom. The number of hydrogen-bond acceptors (Lipinski definition) is 4. The first-order valence-corrected chi connectivity index (χ1v) is 9.09. The molecule has 0 radical (unpaired) electrons. The minimum atomic E-state index is -4.51. The number of benzene rings is 1. The Hall–Kier alpha value is -2.68. The van der Waals surface area contributed by atoms with E-state index in [-0.39, 0.29) is 17.3 Å². The normalized spacial score (nSPS) is 18.2. The van der Waals surface area contributed by atoms with Crippen LogP contribution in [0.25, 0.3) is 10.9 Å². The molecule has 1 fully saturated rings. The first-order chi connectivity index (χ1) is 13.3. The Kier molecular flexibility index (Phi) is 4.70. The molecule has 0 spiro atoms. The second-order valence-electron chi connectivity index (χ2n) is 7.15. The monoisotopic (exact) mass is 391 g/mol. The molecule has 1 aliphatic rings. The lowest BCUT2D eigenvalue weighted by molar-refractivity contribution is -0.142. The van der Waals surface area contributed by atoms with E-state index in [1.165, 1.54) is 6.07 Å². The number of rotatable bonds is 4. The summed E-state index contributed by atoms with van der Waals surface area (Å²) in [7, 11) is 1.86. The summed E-state index contributed by atoms with van der Waals surface area (Å²) in [6, 6.07) is 6.18. The Bertz CT molecular complexity index is 1060. The van der Waals surface area contributed by atoms with Gasteiger partial charge in [-0.25, -0.2) is 9.97 Å². The van der Waals surface area contributed by atoms with Gasteiger partial charge in [0.05, 0.1) is 29.0 Å². The summed E-state index contributed by atoms with van der Waals surface area (Å²) in [4.78, 5) is 23.7. The summed E-state index contributed by atoms with van der Waals surface area (Å²) in [5.41, 5.74) is 0.605. The highest BCUT2D eigenvalue weighted by molar-refractivity contribution is 5.77. The number of imidazole rings is 1. The van der Waals surface area contributed by atoms with Gasteiger partial charge in [0.2, 0.25) is 0 Å². The van der Waals surface area contributed by atoms with E-state index < -0.39 is 18.3 Å². The van der Waals surface area contributed by atoms with E-state index in [9.17, 15) is 18.0 Å². The van der Waals surface area contributed by atoms with Crippen LogP contribution in [0.4, 0.5) is 13.2 Å². The van der Waals surface area contributed by atoms with Gasteiger partial charge in [-0.05, 0) is 31.5 Å². The van der Waals surface area contributed by atoms with Crippen LogP contribution in [0.1, 0.15) is 30.4 Å². The Morgan fingerprint density at radius 1 is 1.25 bits per heavy atom. The second-order valence-corrected chi connectivity index (χ2v) is 7.15. The summed E-state index contributed by atoms with van der Waals surface area (Å²) in [5.74, 6) is 0.175. The van der Waals surface area contributed by atoms with Crippen molar-refractivity contribution in [1.29, 1.82) is 0 Å². The lowest BCUT2D eigenvalue weighted by Crippen LogP contribution is -2.35. The van der Waals surface area contributed by atoms with Gasteiger partial charge in [-0.1, -0.05) is 12.1 Å². The third-order valence-electron chi connectivity index (χ3n) is 5.01. The molecule has 0 N–H and O–H groups in total. The fraction of sp³-hybridized carbons (Fsp3) is 0.421. The highest BCUT2D eigenvalue weighted by atomic mass is 19.4. The highest BCUT2D eigenvalue weighted by Gasteiger charge is 2.35. The molecule has 3 aromatic rings. The van der Waals surface area contributed by atoms with Crippen molar-refractivity contribution in [3.63, 3.8) is 0 Å². The predicted molar refractivity (Wildman–Crippen MR) is 97.7 cm³/mol. The first kappa shape index (κ1) is 18.7. The maximum Gasteiger partial charge on any atom is 0.406 e. The topological polar surface area (TPSA) is 56.0 Å². The third kappa shape index (κ3) is 3.66. The number of likely N-dealkylation sites (tertiary alicyclic amines) is 1. The van der Waals surface area contributed by atoms with Gasteiger partial charge in [-0.3, -0.25) is 14.3 Å². The van der Waals surface area contributed by atoms with E-state index in [4.69, 9.17) is 0 Å². The molecule has 4 rings (SSSR count). The molecule has 2 aromatic heterocycles. The molecular formula is C19H20F3N5O. The molecular weight excluding hydrogens is 371 g/mol. The summed E-state index contributed by atoms with van der Waals surface area (Å²) in [6.07, 6.45) is 0.537. The van der Waals surface area contributed by atoms with Crippen LogP contribution in [0, 0.1) is 0 Å². The largest absolute Gasteiger partial charge is 0.406 e. The zero-order valence-electron chi connectivity index (χ0n) is 15.4. The fourth-order valence-electron chi connectivity index (χ4n) is 3.84. The summed E-state index contributed by atoms with van der Waals surface area (Å²) in [5, 5.41) is 0.199. The molecule has 9 heteroatoms. The summed E-state index contributed by atoms with van der Waals surface area (Å²) >= 11 is 0. The van der Waals surface area contributed by atoms with E-state index >= 15 is 0 Å². The minimum absolute atomic E-state index is 0.175. The van der Waals surface area contributed by atoms with Crippen molar-refractivity contribution in [3.05, 3.63) is 58.7 Å². The van der Waals surface area contributed by atoms with Crippen molar-refractivity contribution < 1.29 is 13.2 Å². The molecule has 0 aliphatic carbocycles. The number of aromatic nitrogens is 4. The van der Waals surface area contributed by atoms with Gasteiger partial charge in [0.15, 0.2) is 0 Å². The standard InChI is InChI=1S/C19H20F3N5O/c1-25-9-13(23-12-25)10-26-8-4-7-16(26)17-24-15-6-3-2-5-14(15)18(28)27(17)11-19(20,21)22/h2-3,5-6,9,12,16H,4,7-8,10-11H2,1H3. The predicted octanol–water partition coefficient (Wildman–Crippen LogP) is 3.03. The Morgan fingerprint density at radius 3 is 2.75 bits per heavy atom. The van der Waals surface area contributed by atoms with Gasteiger partial charge in [0.1, 0.15) is 12.4 Å². The number of fused-ring (bicyclic) bond motifs is 1. The number of para-hydroxylation sites is 1. The first-order valence-electron chi connectivity index (χ1n) is 9.09. The maximum absolute atomic E-state index is 13.2. The molecule has 1 aliphatic heterocycles. The molecule has 28 heavy (non-hydrogen) atoms. The number of hydrogen-bond donors (Lipinski definition) is 0. The average Bonchev–Trinajstić information content (AvgIpc) is 3.25. The van der Waals surface area contributed by atoms with Crippen LogP contribution in [0.3, 0.4) is 0 Å². The van der Waals surface area contributed by atoms with Crippen LogP contribution in [0.5, 0.6) is 0 Å². The van der Waals surface area contributed by atoms with E-state index in [1.54, 1.807) is 24.5 Å². The average molecular weight is 391 g/mol. The minimum Gasteiger partial charge on any atom is -0.340 e. The molecule has 1 atom stereocenters. The van der Waals surface area contributed by atoms with E-state index in [2.05, 4.69) is 9.97 Å². The van der Waals surface area contributed by atoms with Gasteiger partial charge < -0.3 is 4.57 Å². The van der Waals surface area contributed by atoms with Crippen LogP contribution in [0.2, 0.25) is 0 Å². The van der Waals surface area contributed by atoms with Crippen molar-refractivity contribution in [1.82, 2.24) is 24.0 Å². The number of alkyl halides is 3. The van der Waals surface area contributed by atoms with Crippen molar-refractivity contribution in [3.8, 4) is 0 Å². The summed E-state index contributed by atoms with van der Waals surface area (Å²) in [6.45, 7) is -0.122. The fourth-order valence-corrected chi connectivity index (χ4v) is 3.84. The van der Waals surface area contributed by atoms with Crippen molar-refractivity contribution >= 4 is 10.9 Å². The van der Waals surface area contributed by atoms with E-state index in [1.807, 2.05) is 22.7 Å².